The third-order valence-corrected chi connectivity index (χ3v) is 6.36. The van der Waals surface area contributed by atoms with Crippen LogP contribution < -0.4 is 5.73 Å². The summed E-state index contributed by atoms with van der Waals surface area (Å²) in [7, 11) is 0. The monoisotopic (exact) mass is 264 g/mol. The van der Waals surface area contributed by atoms with Gasteiger partial charge in [-0.15, -0.1) is 11.3 Å². The Morgan fingerprint density at radius 3 is 3.00 bits per heavy atom. The lowest BCUT2D eigenvalue weighted by Gasteiger charge is -2.49. The summed E-state index contributed by atoms with van der Waals surface area (Å²) in [6.07, 6.45) is 5.19. The fourth-order valence-electron chi connectivity index (χ4n) is 4.19. The maximum atomic E-state index is 6.21. The zero-order valence-electron chi connectivity index (χ0n) is 11.5. The summed E-state index contributed by atoms with van der Waals surface area (Å²) in [6, 6.07) is 2.87. The molecular weight excluding hydrogens is 240 g/mol. The molecule has 1 aromatic rings. The van der Waals surface area contributed by atoms with Crippen LogP contribution in [0.4, 0.5) is 0 Å². The van der Waals surface area contributed by atoms with Crippen molar-refractivity contribution in [3.8, 4) is 0 Å². The summed E-state index contributed by atoms with van der Waals surface area (Å²) in [5.74, 6) is 0.741. The van der Waals surface area contributed by atoms with Gasteiger partial charge in [-0.25, -0.2) is 0 Å². The molecule has 1 aliphatic heterocycles. The number of fused-ring (bicyclic) bond motifs is 1. The van der Waals surface area contributed by atoms with Gasteiger partial charge in [0, 0.05) is 29.5 Å². The Morgan fingerprint density at radius 2 is 2.33 bits per heavy atom. The van der Waals surface area contributed by atoms with Crippen molar-refractivity contribution < 1.29 is 0 Å². The number of nitrogens with two attached hydrogens (primary N) is 1. The Bertz CT molecular complexity index is 428. The molecule has 0 saturated heterocycles. The third-order valence-electron chi connectivity index (χ3n) is 5.37. The predicted octanol–water partition coefficient (Wildman–Crippen LogP) is 3.18. The average molecular weight is 264 g/mol. The van der Waals surface area contributed by atoms with Crippen LogP contribution in [0.25, 0.3) is 0 Å². The highest BCUT2D eigenvalue weighted by Gasteiger charge is 2.46. The molecule has 3 heteroatoms. The molecule has 1 saturated carbocycles. The number of rotatable bonds is 2. The molecule has 2 heterocycles. The van der Waals surface area contributed by atoms with Crippen molar-refractivity contribution in [1.82, 2.24) is 4.90 Å². The lowest BCUT2D eigenvalue weighted by atomic mass is 9.83. The molecule has 3 rings (SSSR count). The molecule has 18 heavy (non-hydrogen) atoms. The standard InChI is InChI=1S/C15H24N2S/c1-11-4-3-7-15(11,10-16)17-8-5-14-13(12(17)2)6-9-18-14/h6,9,11-12H,3-5,7-8,10,16H2,1-2H3. The molecule has 1 fully saturated rings. The second kappa shape index (κ2) is 4.62. The topological polar surface area (TPSA) is 29.3 Å². The summed E-state index contributed by atoms with van der Waals surface area (Å²) in [4.78, 5) is 4.32. The molecule has 2 nitrogen and oxygen atoms in total. The highest BCUT2D eigenvalue weighted by atomic mass is 32.1. The van der Waals surface area contributed by atoms with Crippen molar-refractivity contribution in [3.05, 3.63) is 21.9 Å². The maximum Gasteiger partial charge on any atom is 0.0363 e. The van der Waals surface area contributed by atoms with Crippen LogP contribution >= 0.6 is 11.3 Å². The molecule has 0 amide bonds. The largest absolute Gasteiger partial charge is 0.329 e. The van der Waals surface area contributed by atoms with Gasteiger partial charge < -0.3 is 5.73 Å². The van der Waals surface area contributed by atoms with Crippen LogP contribution in [0.2, 0.25) is 0 Å². The fraction of sp³-hybridized carbons (Fsp3) is 0.733. The molecule has 0 aromatic carbocycles. The fourth-order valence-corrected chi connectivity index (χ4v) is 5.16. The van der Waals surface area contributed by atoms with Gasteiger partial charge in [-0.2, -0.15) is 0 Å². The van der Waals surface area contributed by atoms with E-state index in [1.807, 2.05) is 11.3 Å². The molecule has 0 spiro atoms. The van der Waals surface area contributed by atoms with Gasteiger partial charge >= 0.3 is 0 Å². The number of thiophene rings is 1. The van der Waals surface area contributed by atoms with E-state index in [2.05, 4.69) is 30.2 Å². The Morgan fingerprint density at radius 1 is 1.50 bits per heavy atom. The molecule has 2 N–H and O–H groups in total. The lowest BCUT2D eigenvalue weighted by molar-refractivity contribution is 0.0229. The maximum absolute atomic E-state index is 6.21. The van der Waals surface area contributed by atoms with Crippen LogP contribution in [0.15, 0.2) is 11.4 Å². The SMILES string of the molecule is CC1c2ccsc2CCN1C1(CN)CCCC1C. The molecular formula is C15H24N2S. The summed E-state index contributed by atoms with van der Waals surface area (Å²) >= 11 is 1.92. The summed E-state index contributed by atoms with van der Waals surface area (Å²) in [6.45, 7) is 6.77. The molecule has 3 atom stereocenters. The molecule has 3 unspecified atom stereocenters. The van der Waals surface area contributed by atoms with Gasteiger partial charge in [-0.3, -0.25) is 4.90 Å². The molecule has 100 valence electrons. The van der Waals surface area contributed by atoms with Gasteiger partial charge in [0.2, 0.25) is 0 Å². The summed E-state index contributed by atoms with van der Waals surface area (Å²) in [5.41, 5.74) is 8.03. The minimum absolute atomic E-state index is 0.263. The third kappa shape index (κ3) is 1.68. The van der Waals surface area contributed by atoms with Crippen LogP contribution in [-0.2, 0) is 6.42 Å². The van der Waals surface area contributed by atoms with Crippen molar-refractivity contribution in [2.75, 3.05) is 13.1 Å². The van der Waals surface area contributed by atoms with Gasteiger partial charge in [0.15, 0.2) is 0 Å². The second-order valence-electron chi connectivity index (χ2n) is 6.02. The van der Waals surface area contributed by atoms with E-state index in [9.17, 15) is 0 Å². The van der Waals surface area contributed by atoms with Crippen LogP contribution in [0, 0.1) is 5.92 Å². The van der Waals surface area contributed by atoms with Crippen molar-refractivity contribution >= 4 is 11.3 Å². The minimum Gasteiger partial charge on any atom is -0.329 e. The van der Waals surface area contributed by atoms with Gasteiger partial charge in [0.25, 0.3) is 0 Å². The second-order valence-corrected chi connectivity index (χ2v) is 7.02. The normalized spacial score (nSPS) is 36.8. The number of nitrogens with zero attached hydrogens (tertiary/aromatic N) is 1. The summed E-state index contributed by atoms with van der Waals surface area (Å²) < 4.78 is 0. The van der Waals surface area contributed by atoms with Crippen LogP contribution in [0.1, 0.15) is 49.6 Å². The predicted molar refractivity (Wildman–Crippen MR) is 77.9 cm³/mol. The Labute approximate surface area is 114 Å². The first-order chi connectivity index (χ1) is 8.69. The van der Waals surface area contributed by atoms with E-state index in [0.717, 1.165) is 12.5 Å². The van der Waals surface area contributed by atoms with Crippen LogP contribution in [0.5, 0.6) is 0 Å². The van der Waals surface area contributed by atoms with E-state index in [1.165, 1.54) is 32.2 Å². The number of hydrogen-bond acceptors (Lipinski definition) is 3. The van der Waals surface area contributed by atoms with E-state index < -0.39 is 0 Å². The first-order valence-corrected chi connectivity index (χ1v) is 8.10. The van der Waals surface area contributed by atoms with Crippen LogP contribution in [-0.4, -0.2) is 23.5 Å². The van der Waals surface area contributed by atoms with Crippen molar-refractivity contribution in [2.24, 2.45) is 11.7 Å². The van der Waals surface area contributed by atoms with Crippen LogP contribution in [0.3, 0.4) is 0 Å². The zero-order chi connectivity index (χ0) is 12.8. The molecule has 0 bridgehead atoms. The Kier molecular flexibility index (Phi) is 3.25. The minimum atomic E-state index is 0.263. The molecule has 1 aromatic heterocycles. The van der Waals surface area contributed by atoms with E-state index >= 15 is 0 Å². The van der Waals surface area contributed by atoms with E-state index in [4.69, 9.17) is 5.73 Å². The Balaban J connectivity index is 1.93. The van der Waals surface area contributed by atoms with Crippen molar-refractivity contribution in [2.45, 2.75) is 51.1 Å². The number of hydrogen-bond donors (Lipinski definition) is 1. The molecule has 0 radical (unpaired) electrons. The van der Waals surface area contributed by atoms with Gasteiger partial charge in [-0.05, 0) is 49.1 Å². The first-order valence-electron chi connectivity index (χ1n) is 7.22. The van der Waals surface area contributed by atoms with Crippen molar-refractivity contribution in [3.63, 3.8) is 0 Å². The molecule has 1 aliphatic carbocycles. The first kappa shape index (κ1) is 12.6. The zero-order valence-corrected chi connectivity index (χ0v) is 12.3. The van der Waals surface area contributed by atoms with E-state index in [1.54, 1.807) is 10.4 Å². The highest BCUT2D eigenvalue weighted by Crippen LogP contribution is 2.46. The quantitative estimate of drug-likeness (QED) is 0.889. The van der Waals surface area contributed by atoms with E-state index in [-0.39, 0.29) is 5.54 Å². The van der Waals surface area contributed by atoms with Gasteiger partial charge in [0.1, 0.15) is 0 Å². The lowest BCUT2D eigenvalue weighted by Crippen LogP contribution is -2.58. The highest BCUT2D eigenvalue weighted by molar-refractivity contribution is 7.10. The Hall–Kier alpha value is -0.380. The van der Waals surface area contributed by atoms with Gasteiger partial charge in [-0.1, -0.05) is 13.3 Å². The smallest absolute Gasteiger partial charge is 0.0363 e. The van der Waals surface area contributed by atoms with E-state index in [0.29, 0.717) is 6.04 Å². The summed E-state index contributed by atoms with van der Waals surface area (Å²) in [5, 5.41) is 2.25. The van der Waals surface area contributed by atoms with Gasteiger partial charge in [0.05, 0.1) is 0 Å². The molecule has 2 aliphatic rings. The average Bonchev–Trinajstić information content (AvgIpc) is 2.97. The van der Waals surface area contributed by atoms with Crippen molar-refractivity contribution in [1.29, 1.82) is 0 Å².